The van der Waals surface area contributed by atoms with Crippen molar-refractivity contribution in [3.05, 3.63) is 137 Å². The number of fused-ring (bicyclic) bond motifs is 3. The van der Waals surface area contributed by atoms with Gasteiger partial charge >= 0.3 is 18.5 Å². The summed E-state index contributed by atoms with van der Waals surface area (Å²) in [5, 5.41) is 13.0. The quantitative estimate of drug-likeness (QED) is 0.0425. The van der Waals surface area contributed by atoms with Gasteiger partial charge in [-0.05, 0) is 195 Å². The number of aromatic nitrogens is 12. The van der Waals surface area contributed by atoms with Gasteiger partial charge in [0.25, 0.3) is 0 Å². The fourth-order valence-electron chi connectivity index (χ4n) is 16.9. The van der Waals surface area contributed by atoms with Crippen molar-refractivity contribution in [2.75, 3.05) is 139 Å². The van der Waals surface area contributed by atoms with Crippen molar-refractivity contribution in [2.45, 2.75) is 134 Å². The number of piperidine rings is 3. The molecule has 15 rings (SSSR count). The minimum absolute atomic E-state index is 0.0361. The number of nitrogens with one attached hydrogen (secondary N) is 3. The van der Waals surface area contributed by atoms with E-state index < -0.39 is 94.3 Å². The maximum absolute atomic E-state index is 13.9. The zero-order valence-corrected chi connectivity index (χ0v) is 76.1. The van der Waals surface area contributed by atoms with E-state index in [-0.39, 0.29) is 33.5 Å². The fourth-order valence-corrected chi connectivity index (χ4v) is 20.5. The van der Waals surface area contributed by atoms with Gasteiger partial charge in [0, 0.05) is 128 Å². The molecular weight excluding hydrogens is 1820 g/mol. The fraction of sp³-hybridized carbons (Fsp3) is 0.582. The van der Waals surface area contributed by atoms with Crippen molar-refractivity contribution in [3.63, 3.8) is 0 Å². The van der Waals surface area contributed by atoms with Gasteiger partial charge in [-0.3, -0.25) is 0 Å². The van der Waals surface area contributed by atoms with E-state index in [0.717, 1.165) is 123 Å². The molecule has 6 aliphatic heterocycles. The number of halogens is 15. The molecule has 0 unspecified atom stereocenters. The molecule has 0 aliphatic carbocycles. The SMILES string of the molecule is CC(C)S(=O)(=O)NCCN1CCC[C@@H](C2CN(c3cnc4c(C(F)(F)F)nn([C@H](C)c5ccc(Cl)cc5Cl)c4n3)C2)C1.CC(C)S(=O)(=O)NCCN1CCC[C@H](C2CN(c3cnc4c(C(F)(F)F)nn([C@H](C)c5ccc(Cl)cc5Cl)c4n3)C2)C1.C[C@H](c1ccc(Cl)cc1Cl)n1nc(C(F)(F)F)c2ncc(N3CC([C@H]4CCCN(CCNS(C)(=O)=O)C4)C3)nc21. The van der Waals surface area contributed by atoms with E-state index in [0.29, 0.717) is 139 Å². The molecule has 678 valence electrons. The Morgan fingerprint density at radius 1 is 0.395 bits per heavy atom. The first-order chi connectivity index (χ1) is 58.3. The van der Waals surface area contributed by atoms with Crippen LogP contribution in [0.3, 0.4) is 0 Å². The standard InChI is InChI=1S/2C27H34Cl2F3N7O2S.C25H30Cl2F3N7O2S/c2*1-16(2)42(40,41)34-8-10-37-9-4-5-18(13-37)19-14-38(15-19)23-12-33-24-25(27(30,31)32)36-39(26(24)35-23)17(3)21-7-6-20(28)11-22(21)29;1-15(19-6-5-18(26)10-20(19)27)37-24-22(23(34-37)25(28,29)30)31-11-21(33-24)36-13-17(14-36)16-4-3-8-35(12-16)9-7-32-40(2,38)39/h2*6-7,11-12,16-19,34H,4-5,8-10,13-15H2,1-3H3;5-6,10-11,15-17,32H,3-4,7-9,12-14H2,1-2H3/t17-,18+;17-,18-;15-,16+/m111/s1. The number of sulfonamides is 3. The molecular formula is C79H98Cl6F9N21O6S3. The van der Waals surface area contributed by atoms with Crippen LogP contribution in [0.1, 0.15) is 139 Å². The number of benzene rings is 3. The Hall–Kier alpha value is -6.57. The summed E-state index contributed by atoms with van der Waals surface area (Å²) in [4.78, 5) is 39.3. The maximum atomic E-state index is 13.9. The number of alkyl halides is 9. The number of anilines is 3. The van der Waals surface area contributed by atoms with E-state index >= 15 is 0 Å². The molecule has 0 amide bonds. The summed E-state index contributed by atoms with van der Waals surface area (Å²) in [5.74, 6) is 4.06. The monoisotopic (exact) mass is 1910 g/mol. The Bertz CT molecular complexity index is 5440. The van der Waals surface area contributed by atoms with Crippen molar-refractivity contribution < 1.29 is 64.8 Å². The van der Waals surface area contributed by atoms with Gasteiger partial charge in [-0.2, -0.15) is 54.8 Å². The third-order valence-electron chi connectivity index (χ3n) is 24.1. The van der Waals surface area contributed by atoms with E-state index in [1.54, 1.807) is 97.0 Å². The van der Waals surface area contributed by atoms with Crippen LogP contribution in [0.25, 0.3) is 33.5 Å². The summed E-state index contributed by atoms with van der Waals surface area (Å²) in [6.07, 6.45) is -2.45. The molecule has 0 radical (unpaired) electrons. The van der Waals surface area contributed by atoms with Crippen LogP contribution in [0.15, 0.2) is 73.2 Å². The Labute approximate surface area is 743 Å². The smallest absolute Gasteiger partial charge is 0.355 e. The lowest BCUT2D eigenvalue weighted by molar-refractivity contribution is -0.141. The topological polar surface area (TPSA) is 289 Å². The molecule has 0 saturated carbocycles. The highest BCUT2D eigenvalue weighted by Crippen LogP contribution is 2.44. The summed E-state index contributed by atoms with van der Waals surface area (Å²) in [5.41, 5.74) is -2.40. The second-order valence-corrected chi connectivity index (χ2v) is 42.4. The minimum Gasteiger partial charge on any atom is -0.355 e. The zero-order valence-electron chi connectivity index (χ0n) is 69.1. The molecule has 6 aromatic heterocycles. The second kappa shape index (κ2) is 38.6. The average Bonchev–Trinajstić information content (AvgIpc) is 1.60. The van der Waals surface area contributed by atoms with Crippen LogP contribution in [-0.2, 0) is 48.6 Å². The second-order valence-electron chi connectivity index (χ2n) is 33.3. The first-order valence-electron chi connectivity index (χ1n) is 40.9. The van der Waals surface area contributed by atoms with E-state index in [1.807, 2.05) is 14.7 Å². The summed E-state index contributed by atoms with van der Waals surface area (Å²) in [7, 11) is -9.79. The molecule has 0 spiro atoms. The highest BCUT2D eigenvalue weighted by Gasteiger charge is 2.46. The van der Waals surface area contributed by atoms with Crippen LogP contribution in [-0.4, -0.2) is 234 Å². The predicted molar refractivity (Wildman–Crippen MR) is 463 cm³/mol. The van der Waals surface area contributed by atoms with Crippen LogP contribution in [0, 0.1) is 35.5 Å². The van der Waals surface area contributed by atoms with E-state index in [4.69, 9.17) is 69.6 Å². The molecule has 27 nitrogen and oxygen atoms in total. The first kappa shape index (κ1) is 95.0. The van der Waals surface area contributed by atoms with Crippen LogP contribution >= 0.6 is 69.6 Å². The Kier molecular flexibility index (Phi) is 29.6. The van der Waals surface area contributed by atoms with Crippen molar-refractivity contribution in [1.29, 1.82) is 0 Å². The summed E-state index contributed by atoms with van der Waals surface area (Å²) >= 11 is 37.1. The zero-order chi connectivity index (χ0) is 89.6. The summed E-state index contributed by atoms with van der Waals surface area (Å²) in [6, 6.07) is 12.5. The predicted octanol–water partition coefficient (Wildman–Crippen LogP) is 14.9. The van der Waals surface area contributed by atoms with Gasteiger partial charge in [-0.15, -0.1) is 0 Å². The van der Waals surface area contributed by atoms with Gasteiger partial charge in [0.05, 0.1) is 53.5 Å². The lowest BCUT2D eigenvalue weighted by atomic mass is 9.80. The van der Waals surface area contributed by atoms with Crippen LogP contribution in [0.5, 0.6) is 0 Å². The first-order valence-corrected chi connectivity index (χ1v) is 48.2. The molecule has 6 fully saturated rings. The number of nitrogens with zero attached hydrogens (tertiary/aromatic N) is 18. The van der Waals surface area contributed by atoms with Gasteiger partial charge in [-0.25, -0.2) is 83.4 Å². The van der Waals surface area contributed by atoms with Crippen molar-refractivity contribution in [3.8, 4) is 0 Å². The summed E-state index contributed by atoms with van der Waals surface area (Å²) in [6.45, 7) is 24.6. The lowest BCUT2D eigenvalue weighted by Crippen LogP contribution is -2.54. The molecule has 6 atom stereocenters. The molecule has 3 N–H and O–H groups in total. The molecule has 6 aliphatic rings. The lowest BCUT2D eigenvalue weighted by Gasteiger charge is -2.47. The van der Waals surface area contributed by atoms with Gasteiger partial charge in [0.1, 0.15) is 34.0 Å². The largest absolute Gasteiger partial charge is 0.437 e. The molecule has 0 bridgehead atoms. The number of rotatable bonds is 26. The molecule has 6 saturated heterocycles. The average molecular weight is 1920 g/mol. The number of likely N-dealkylation sites (tertiary alicyclic amines) is 3. The van der Waals surface area contributed by atoms with E-state index in [1.165, 1.54) is 38.7 Å². The summed E-state index contributed by atoms with van der Waals surface area (Å²) < 4.78 is 207. The highest BCUT2D eigenvalue weighted by molar-refractivity contribution is 7.90. The van der Waals surface area contributed by atoms with Gasteiger partial charge in [0.2, 0.25) is 30.1 Å². The Morgan fingerprint density at radius 3 is 0.903 bits per heavy atom. The normalized spacial score (nSPS) is 20.0. The van der Waals surface area contributed by atoms with Gasteiger partial charge in [-0.1, -0.05) is 87.8 Å². The van der Waals surface area contributed by atoms with Crippen molar-refractivity contribution in [1.82, 2.24) is 88.1 Å². The van der Waals surface area contributed by atoms with E-state index in [2.05, 4.69) is 74.1 Å². The number of hydrogen-bond donors (Lipinski definition) is 3. The highest BCUT2D eigenvalue weighted by atomic mass is 35.5. The van der Waals surface area contributed by atoms with Gasteiger partial charge < -0.3 is 29.4 Å². The van der Waals surface area contributed by atoms with Crippen molar-refractivity contribution >= 4 is 151 Å². The van der Waals surface area contributed by atoms with Crippen molar-refractivity contribution in [2.24, 2.45) is 35.5 Å². The molecule has 124 heavy (non-hydrogen) atoms. The third kappa shape index (κ3) is 22.3. The van der Waals surface area contributed by atoms with Gasteiger partial charge in [0.15, 0.2) is 34.0 Å². The van der Waals surface area contributed by atoms with E-state index in [9.17, 15) is 64.8 Å². The number of hydrogen-bond acceptors (Lipinski definition) is 21. The van der Waals surface area contributed by atoms with Crippen LogP contribution < -0.4 is 28.9 Å². The molecule has 9 aromatic rings. The van der Waals surface area contributed by atoms with Crippen LogP contribution in [0.4, 0.5) is 57.0 Å². The Morgan fingerprint density at radius 2 is 0.661 bits per heavy atom. The third-order valence-corrected chi connectivity index (χ3v) is 30.2. The molecule has 45 heteroatoms. The molecule has 3 aromatic carbocycles. The maximum Gasteiger partial charge on any atom is 0.437 e. The minimum atomic E-state index is -4.70. The Balaban J connectivity index is 0.000000160. The van der Waals surface area contributed by atoms with Crippen LogP contribution in [0.2, 0.25) is 30.1 Å². The molecule has 12 heterocycles.